The predicted molar refractivity (Wildman–Crippen MR) is 130 cm³/mol. The number of nitrogens with zero attached hydrogens (tertiary/aromatic N) is 1. The van der Waals surface area contributed by atoms with Gasteiger partial charge in [-0.15, -0.1) is 11.3 Å². The summed E-state index contributed by atoms with van der Waals surface area (Å²) in [6.45, 7) is 2.89. The number of nitriles is 1. The second kappa shape index (κ2) is 11.8. The Kier molecular flexibility index (Phi) is 8.86. The van der Waals surface area contributed by atoms with E-state index in [1.54, 1.807) is 35.6 Å². The van der Waals surface area contributed by atoms with E-state index in [2.05, 4.69) is 23.6 Å². The van der Waals surface area contributed by atoms with Crippen LogP contribution in [0.3, 0.4) is 0 Å². The molecule has 1 aromatic heterocycles. The van der Waals surface area contributed by atoms with Crippen molar-refractivity contribution in [3.05, 3.63) is 45.8 Å². The summed E-state index contributed by atoms with van der Waals surface area (Å²) in [6, 6.07) is 9.36. The van der Waals surface area contributed by atoms with E-state index in [0.717, 1.165) is 48.4 Å². The highest BCUT2D eigenvalue weighted by Gasteiger charge is 2.21. The first-order chi connectivity index (χ1) is 15.1. The normalized spacial score (nSPS) is 12.5. The van der Waals surface area contributed by atoms with E-state index in [9.17, 15) is 10.1 Å². The number of benzene rings is 1. The van der Waals surface area contributed by atoms with Gasteiger partial charge in [0, 0.05) is 10.4 Å². The van der Waals surface area contributed by atoms with Crippen LogP contribution in [0.25, 0.3) is 0 Å². The molecule has 0 aliphatic heterocycles. The topological polar surface area (TPSA) is 74.2 Å². The Morgan fingerprint density at radius 1 is 1.16 bits per heavy atom. The van der Waals surface area contributed by atoms with Crippen LogP contribution in [0.1, 0.15) is 78.2 Å². The molecule has 164 valence electrons. The van der Waals surface area contributed by atoms with Crippen molar-refractivity contribution < 1.29 is 9.53 Å². The van der Waals surface area contributed by atoms with Crippen molar-refractivity contribution in [2.24, 2.45) is 0 Å². The number of carbonyl (C=O) groups is 1. The van der Waals surface area contributed by atoms with Gasteiger partial charge in [-0.25, -0.2) is 0 Å². The molecular formula is C24H29N3O2S2. The molecule has 2 aromatic rings. The van der Waals surface area contributed by atoms with Crippen LogP contribution in [0.15, 0.2) is 24.3 Å². The fourth-order valence-electron chi connectivity index (χ4n) is 3.68. The first-order valence-corrected chi connectivity index (χ1v) is 12.2. The molecule has 0 saturated heterocycles. The highest BCUT2D eigenvalue weighted by molar-refractivity contribution is 7.80. The number of carbonyl (C=O) groups excluding carboxylic acids is 1. The summed E-state index contributed by atoms with van der Waals surface area (Å²) in [4.78, 5) is 13.8. The molecule has 0 bridgehead atoms. The fraction of sp³-hybridized carbons (Fsp3) is 0.458. The van der Waals surface area contributed by atoms with Crippen LogP contribution in [-0.4, -0.2) is 17.6 Å². The molecule has 1 aliphatic rings. The van der Waals surface area contributed by atoms with Crippen molar-refractivity contribution >= 4 is 39.6 Å². The monoisotopic (exact) mass is 455 g/mol. The van der Waals surface area contributed by atoms with Crippen LogP contribution in [-0.2, 0) is 12.8 Å². The number of hydrogen-bond acceptors (Lipinski definition) is 5. The number of aryl methyl sites for hydroxylation is 1. The quantitative estimate of drug-likeness (QED) is 0.360. The molecule has 1 amide bonds. The minimum absolute atomic E-state index is 0.201. The molecule has 0 fully saturated rings. The van der Waals surface area contributed by atoms with E-state index in [4.69, 9.17) is 17.0 Å². The fourth-order valence-corrected chi connectivity index (χ4v) is 5.18. The molecule has 2 N–H and O–H groups in total. The molecule has 0 atom stereocenters. The number of fused-ring (bicyclic) bond motifs is 1. The molecule has 0 radical (unpaired) electrons. The highest BCUT2D eigenvalue weighted by Crippen LogP contribution is 2.37. The largest absolute Gasteiger partial charge is 0.494 e. The maximum absolute atomic E-state index is 12.5. The van der Waals surface area contributed by atoms with Gasteiger partial charge < -0.3 is 10.1 Å². The van der Waals surface area contributed by atoms with Gasteiger partial charge in [-0.1, -0.05) is 32.6 Å². The lowest BCUT2D eigenvalue weighted by Crippen LogP contribution is -2.34. The Morgan fingerprint density at radius 3 is 2.65 bits per heavy atom. The van der Waals surface area contributed by atoms with Gasteiger partial charge in [0.05, 0.1) is 12.2 Å². The Morgan fingerprint density at radius 2 is 1.90 bits per heavy atom. The lowest BCUT2D eigenvalue weighted by atomic mass is 9.96. The molecule has 1 heterocycles. The minimum atomic E-state index is -0.288. The number of thiophene rings is 1. The lowest BCUT2D eigenvalue weighted by Gasteiger charge is -2.10. The highest BCUT2D eigenvalue weighted by atomic mass is 32.1. The van der Waals surface area contributed by atoms with E-state index in [1.165, 1.54) is 30.6 Å². The van der Waals surface area contributed by atoms with Crippen LogP contribution in [0.4, 0.5) is 5.00 Å². The molecule has 0 spiro atoms. The van der Waals surface area contributed by atoms with E-state index in [1.807, 2.05) is 0 Å². The number of ether oxygens (including phenoxy) is 1. The maximum Gasteiger partial charge on any atom is 0.257 e. The van der Waals surface area contributed by atoms with Gasteiger partial charge in [-0.05, 0) is 74.2 Å². The minimum Gasteiger partial charge on any atom is -0.494 e. The van der Waals surface area contributed by atoms with Crippen LogP contribution in [0.2, 0.25) is 0 Å². The summed E-state index contributed by atoms with van der Waals surface area (Å²) in [7, 11) is 0. The zero-order valence-corrected chi connectivity index (χ0v) is 19.6. The van der Waals surface area contributed by atoms with Gasteiger partial charge in [0.1, 0.15) is 16.8 Å². The Bertz CT molecular complexity index is 945. The molecule has 1 aliphatic carbocycles. The summed E-state index contributed by atoms with van der Waals surface area (Å²) in [6.07, 6.45) is 10.2. The summed E-state index contributed by atoms with van der Waals surface area (Å²) in [5, 5.41) is 16.2. The van der Waals surface area contributed by atoms with Gasteiger partial charge in [-0.3, -0.25) is 10.1 Å². The smallest absolute Gasteiger partial charge is 0.257 e. The summed E-state index contributed by atoms with van der Waals surface area (Å²) < 4.78 is 5.75. The Hall–Kier alpha value is -2.43. The summed E-state index contributed by atoms with van der Waals surface area (Å²) in [5.74, 6) is 0.471. The van der Waals surface area contributed by atoms with Crippen LogP contribution in [0, 0.1) is 11.3 Å². The number of anilines is 1. The third-order valence-electron chi connectivity index (χ3n) is 5.37. The van der Waals surface area contributed by atoms with Crippen LogP contribution >= 0.6 is 23.6 Å². The number of rotatable bonds is 9. The van der Waals surface area contributed by atoms with Crippen molar-refractivity contribution in [2.45, 2.75) is 64.7 Å². The molecule has 31 heavy (non-hydrogen) atoms. The number of thiocarbonyl (C=S) groups is 1. The second-order valence-electron chi connectivity index (χ2n) is 7.72. The predicted octanol–water partition coefficient (Wildman–Crippen LogP) is 5.97. The van der Waals surface area contributed by atoms with Crippen molar-refractivity contribution in [3.63, 3.8) is 0 Å². The molecule has 5 nitrogen and oxygen atoms in total. The van der Waals surface area contributed by atoms with Crippen molar-refractivity contribution in [2.75, 3.05) is 11.9 Å². The van der Waals surface area contributed by atoms with Gasteiger partial charge in [0.25, 0.3) is 5.91 Å². The van der Waals surface area contributed by atoms with Crippen molar-refractivity contribution in [1.29, 1.82) is 5.26 Å². The molecule has 7 heteroatoms. The SMILES string of the molecule is CCCCCCCOc1ccc(C(=O)NC(=S)Nc2sc3c(c2C#N)CCCC3)cc1. The van der Waals surface area contributed by atoms with Gasteiger partial charge in [0.15, 0.2) is 5.11 Å². The van der Waals surface area contributed by atoms with E-state index >= 15 is 0 Å². The van der Waals surface area contributed by atoms with E-state index < -0.39 is 0 Å². The van der Waals surface area contributed by atoms with Crippen molar-refractivity contribution in [3.8, 4) is 11.8 Å². The molecule has 0 saturated carbocycles. The van der Waals surface area contributed by atoms with Crippen LogP contribution in [0.5, 0.6) is 5.75 Å². The average molecular weight is 456 g/mol. The second-order valence-corrected chi connectivity index (χ2v) is 9.24. The number of amides is 1. The Balaban J connectivity index is 1.49. The lowest BCUT2D eigenvalue weighted by molar-refractivity contribution is 0.0977. The molecular weight excluding hydrogens is 426 g/mol. The molecule has 3 rings (SSSR count). The standard InChI is InChI=1S/C24H29N3O2S2/c1-2-3-4-5-8-15-29-18-13-11-17(12-14-18)22(28)26-24(30)27-23-20(16-25)19-9-6-7-10-21(19)31-23/h11-14H,2-10,15H2,1H3,(H2,26,27,28,30). The summed E-state index contributed by atoms with van der Waals surface area (Å²) in [5.41, 5.74) is 2.30. The first-order valence-electron chi connectivity index (χ1n) is 11.0. The molecule has 1 aromatic carbocycles. The third-order valence-corrected chi connectivity index (χ3v) is 6.78. The summed E-state index contributed by atoms with van der Waals surface area (Å²) >= 11 is 6.88. The van der Waals surface area contributed by atoms with Crippen molar-refractivity contribution in [1.82, 2.24) is 5.32 Å². The molecule has 0 unspecified atom stereocenters. The zero-order valence-electron chi connectivity index (χ0n) is 18.0. The maximum atomic E-state index is 12.5. The third kappa shape index (κ3) is 6.52. The van der Waals surface area contributed by atoms with Crippen LogP contribution < -0.4 is 15.4 Å². The average Bonchev–Trinajstić information content (AvgIpc) is 3.13. The number of hydrogen-bond donors (Lipinski definition) is 2. The van der Waals surface area contributed by atoms with E-state index in [-0.39, 0.29) is 11.0 Å². The van der Waals surface area contributed by atoms with Gasteiger partial charge in [-0.2, -0.15) is 5.26 Å². The Labute approximate surface area is 193 Å². The van der Waals surface area contributed by atoms with E-state index in [0.29, 0.717) is 17.7 Å². The first kappa shape index (κ1) is 23.2. The number of unbranched alkanes of at least 4 members (excludes halogenated alkanes) is 4. The van der Waals surface area contributed by atoms with Gasteiger partial charge >= 0.3 is 0 Å². The zero-order chi connectivity index (χ0) is 22.1. The van der Waals surface area contributed by atoms with Gasteiger partial charge in [0.2, 0.25) is 0 Å². The number of nitrogens with one attached hydrogen (secondary N) is 2.